The Morgan fingerprint density at radius 3 is 2.44 bits per heavy atom. The minimum atomic E-state index is 0.00336. The van der Waals surface area contributed by atoms with Gasteiger partial charge in [-0.25, -0.2) is 0 Å². The molecule has 4 nitrogen and oxygen atoms in total. The molecular weight excluding hydrogens is 336 g/mol. The van der Waals surface area contributed by atoms with Crippen LogP contribution >= 0.6 is 0 Å². The number of aromatic nitrogens is 1. The molecule has 0 bridgehead atoms. The molecule has 1 amide bonds. The number of carbonyl (C=O) groups is 1. The van der Waals surface area contributed by atoms with Crippen LogP contribution in [0.4, 0.5) is 0 Å². The Morgan fingerprint density at radius 1 is 0.963 bits per heavy atom. The average Bonchev–Trinajstić information content (AvgIpc) is 2.71. The van der Waals surface area contributed by atoms with Gasteiger partial charge >= 0.3 is 0 Å². The van der Waals surface area contributed by atoms with Crippen molar-refractivity contribution >= 4 is 16.8 Å². The summed E-state index contributed by atoms with van der Waals surface area (Å²) in [6, 6.07) is 17.4. The van der Waals surface area contributed by atoms with Crippen LogP contribution in [0.5, 0.6) is 0 Å². The van der Waals surface area contributed by atoms with Crippen molar-refractivity contribution in [3.05, 3.63) is 70.4 Å². The molecule has 4 heteroatoms. The molecule has 3 aromatic rings. The first-order valence-electron chi connectivity index (χ1n) is 9.61. The predicted molar refractivity (Wildman–Crippen MR) is 109 cm³/mol. The summed E-state index contributed by atoms with van der Waals surface area (Å²) in [4.78, 5) is 27.8. The number of pyridine rings is 1. The number of hydrogen-bond acceptors (Lipinski definition) is 2. The van der Waals surface area contributed by atoms with Crippen molar-refractivity contribution < 1.29 is 4.79 Å². The zero-order valence-electron chi connectivity index (χ0n) is 15.6. The van der Waals surface area contributed by atoms with E-state index in [1.165, 1.54) is 6.42 Å². The van der Waals surface area contributed by atoms with Crippen LogP contribution < -0.4 is 5.43 Å². The fourth-order valence-electron chi connectivity index (χ4n) is 4.00. The van der Waals surface area contributed by atoms with Crippen LogP contribution in [0.1, 0.15) is 24.8 Å². The van der Waals surface area contributed by atoms with Crippen molar-refractivity contribution in [2.75, 3.05) is 13.1 Å². The molecule has 1 saturated heterocycles. The van der Waals surface area contributed by atoms with Crippen molar-refractivity contribution in [1.29, 1.82) is 0 Å². The number of piperidine rings is 1. The Morgan fingerprint density at radius 2 is 1.70 bits per heavy atom. The van der Waals surface area contributed by atoms with Crippen LogP contribution in [0.25, 0.3) is 22.2 Å². The van der Waals surface area contributed by atoms with Crippen LogP contribution in [0.15, 0.2) is 59.4 Å². The monoisotopic (exact) mass is 360 g/mol. The molecule has 1 fully saturated rings. The number of benzene rings is 2. The van der Waals surface area contributed by atoms with Crippen molar-refractivity contribution in [2.45, 2.75) is 32.7 Å². The highest BCUT2D eigenvalue weighted by atomic mass is 16.2. The molecule has 2 aromatic carbocycles. The van der Waals surface area contributed by atoms with Gasteiger partial charge in [0.25, 0.3) is 0 Å². The van der Waals surface area contributed by atoms with Crippen LogP contribution in [0.3, 0.4) is 0 Å². The van der Waals surface area contributed by atoms with E-state index in [0.29, 0.717) is 5.39 Å². The minimum absolute atomic E-state index is 0.00336. The minimum Gasteiger partial charge on any atom is -0.341 e. The van der Waals surface area contributed by atoms with Gasteiger partial charge in [-0.1, -0.05) is 42.5 Å². The van der Waals surface area contributed by atoms with Gasteiger partial charge in [0.05, 0.1) is 11.2 Å². The Hall–Kier alpha value is -2.88. The normalized spacial score (nSPS) is 14.5. The first kappa shape index (κ1) is 17.5. The lowest BCUT2D eigenvalue weighted by molar-refractivity contribution is -0.132. The lowest BCUT2D eigenvalue weighted by atomic mass is 10.0. The number of aryl methyl sites for hydroxylation is 1. The largest absolute Gasteiger partial charge is 0.341 e. The van der Waals surface area contributed by atoms with E-state index in [1.807, 2.05) is 64.9 Å². The number of likely N-dealkylation sites (tertiary alicyclic amines) is 1. The third-order valence-corrected chi connectivity index (χ3v) is 5.42. The molecule has 0 atom stereocenters. The van der Waals surface area contributed by atoms with E-state index >= 15 is 0 Å². The smallest absolute Gasteiger partial charge is 0.242 e. The second-order valence-electron chi connectivity index (χ2n) is 7.26. The number of amides is 1. The first-order chi connectivity index (χ1) is 13.1. The average molecular weight is 360 g/mol. The van der Waals surface area contributed by atoms with E-state index in [4.69, 9.17) is 0 Å². The van der Waals surface area contributed by atoms with Gasteiger partial charge in [0.2, 0.25) is 5.91 Å². The highest BCUT2D eigenvalue weighted by Crippen LogP contribution is 2.24. The topological polar surface area (TPSA) is 42.3 Å². The fourth-order valence-corrected chi connectivity index (χ4v) is 4.00. The molecular formula is C23H24N2O2. The van der Waals surface area contributed by atoms with E-state index in [9.17, 15) is 9.59 Å². The van der Waals surface area contributed by atoms with Crippen LogP contribution in [-0.4, -0.2) is 28.5 Å². The van der Waals surface area contributed by atoms with Gasteiger partial charge in [0.1, 0.15) is 6.54 Å². The molecule has 1 aromatic heterocycles. The van der Waals surface area contributed by atoms with E-state index in [-0.39, 0.29) is 17.9 Å². The van der Waals surface area contributed by atoms with E-state index in [2.05, 4.69) is 0 Å². The molecule has 1 aliphatic heterocycles. The van der Waals surface area contributed by atoms with E-state index in [0.717, 1.165) is 48.3 Å². The van der Waals surface area contributed by atoms with Crippen molar-refractivity contribution in [1.82, 2.24) is 9.47 Å². The fraction of sp³-hybridized carbons (Fsp3) is 0.304. The highest BCUT2D eigenvalue weighted by molar-refractivity contribution is 5.87. The summed E-state index contributed by atoms with van der Waals surface area (Å²) in [5, 5.41) is 0.698. The van der Waals surface area contributed by atoms with Crippen molar-refractivity contribution in [2.24, 2.45) is 0 Å². The third kappa shape index (κ3) is 3.39. The van der Waals surface area contributed by atoms with E-state index in [1.54, 1.807) is 6.07 Å². The highest BCUT2D eigenvalue weighted by Gasteiger charge is 2.20. The lowest BCUT2D eigenvalue weighted by Crippen LogP contribution is -2.38. The molecule has 1 aliphatic rings. The van der Waals surface area contributed by atoms with Crippen molar-refractivity contribution in [3.8, 4) is 11.3 Å². The Bertz CT molecular complexity index is 1030. The summed E-state index contributed by atoms with van der Waals surface area (Å²) >= 11 is 0. The molecule has 4 rings (SSSR count). The molecule has 0 unspecified atom stereocenters. The summed E-state index contributed by atoms with van der Waals surface area (Å²) in [6.45, 7) is 3.86. The zero-order valence-corrected chi connectivity index (χ0v) is 15.6. The molecule has 2 heterocycles. The third-order valence-electron chi connectivity index (χ3n) is 5.42. The lowest BCUT2D eigenvalue weighted by Gasteiger charge is -2.28. The number of nitrogens with zero attached hydrogens (tertiary/aromatic N) is 2. The van der Waals surface area contributed by atoms with Gasteiger partial charge in [0, 0.05) is 24.5 Å². The molecule has 0 aliphatic carbocycles. The van der Waals surface area contributed by atoms with Gasteiger partial charge in [0.15, 0.2) is 5.43 Å². The second-order valence-corrected chi connectivity index (χ2v) is 7.26. The quantitative estimate of drug-likeness (QED) is 0.709. The molecule has 0 N–H and O–H groups in total. The van der Waals surface area contributed by atoms with Gasteiger partial charge in [-0.2, -0.15) is 0 Å². The number of hydrogen-bond donors (Lipinski definition) is 0. The van der Waals surface area contributed by atoms with Gasteiger partial charge in [-0.3, -0.25) is 9.59 Å². The van der Waals surface area contributed by atoms with Gasteiger partial charge in [-0.05, 0) is 43.4 Å². The summed E-state index contributed by atoms with van der Waals surface area (Å²) in [6.07, 6.45) is 3.34. The van der Waals surface area contributed by atoms with Crippen LogP contribution in [-0.2, 0) is 11.3 Å². The van der Waals surface area contributed by atoms with Crippen LogP contribution in [0, 0.1) is 6.92 Å². The Labute approximate surface area is 159 Å². The number of carbonyl (C=O) groups excluding carboxylic acids is 1. The molecule has 0 saturated carbocycles. The maximum Gasteiger partial charge on any atom is 0.242 e. The van der Waals surface area contributed by atoms with Crippen molar-refractivity contribution in [3.63, 3.8) is 0 Å². The maximum atomic E-state index is 13.0. The number of rotatable bonds is 3. The summed E-state index contributed by atoms with van der Waals surface area (Å²) in [5.74, 6) is 0.123. The van der Waals surface area contributed by atoms with E-state index < -0.39 is 0 Å². The van der Waals surface area contributed by atoms with Crippen LogP contribution in [0.2, 0.25) is 0 Å². The molecule has 0 radical (unpaired) electrons. The second kappa shape index (κ2) is 7.39. The SMILES string of the molecule is Cc1cccc2c1c(=O)cc(-c1ccccc1)n2CC(=O)N1CCCCC1. The number of fused-ring (bicyclic) bond motifs is 1. The summed E-state index contributed by atoms with van der Waals surface area (Å²) < 4.78 is 2.01. The van der Waals surface area contributed by atoms with Gasteiger partial charge < -0.3 is 9.47 Å². The maximum absolute atomic E-state index is 13.0. The predicted octanol–water partition coefficient (Wildman–Crippen LogP) is 3.99. The van der Waals surface area contributed by atoms with Gasteiger partial charge in [-0.15, -0.1) is 0 Å². The molecule has 138 valence electrons. The first-order valence-corrected chi connectivity index (χ1v) is 9.61. The Kier molecular flexibility index (Phi) is 4.80. The molecule has 0 spiro atoms. The molecule has 27 heavy (non-hydrogen) atoms. The Balaban J connectivity index is 1.88. The standard InChI is InChI=1S/C23H24N2O2/c1-17-9-8-12-19-23(17)21(26)15-20(18-10-4-2-5-11-18)25(19)16-22(27)24-13-6-3-7-14-24/h2,4-5,8-12,15H,3,6-7,13-14,16H2,1H3. The summed E-state index contributed by atoms with van der Waals surface area (Å²) in [5.41, 5.74) is 3.51. The zero-order chi connectivity index (χ0) is 18.8. The summed E-state index contributed by atoms with van der Waals surface area (Å²) in [7, 11) is 0.